The Bertz CT molecular complexity index is 329. The molecular weight excluding hydrogens is 246 g/mol. The summed E-state index contributed by atoms with van der Waals surface area (Å²) in [5.74, 6) is -0.524. The zero-order valence-corrected chi connectivity index (χ0v) is 10.0. The highest BCUT2D eigenvalue weighted by Gasteiger charge is 2.42. The molecule has 2 aliphatic heterocycles. The Morgan fingerprint density at radius 1 is 1.59 bits per heavy atom. The molecule has 1 unspecified atom stereocenters. The van der Waals surface area contributed by atoms with Crippen molar-refractivity contribution >= 4 is 23.8 Å². The summed E-state index contributed by atoms with van der Waals surface area (Å²) in [6, 6.07) is 0.132. The van der Waals surface area contributed by atoms with Crippen LogP contribution in [-0.4, -0.2) is 46.4 Å². The zero-order valence-electron chi connectivity index (χ0n) is 9.19. The Morgan fingerprint density at radius 2 is 2.35 bits per heavy atom. The number of rotatable bonds is 5. The number of carbonyl (C=O) groups excluding carboxylic acids is 1. The monoisotopic (exact) mass is 261 g/mol. The minimum Gasteiger partial charge on any atom is -0.479 e. The molecule has 0 aromatic rings. The van der Waals surface area contributed by atoms with Gasteiger partial charge in [0, 0.05) is 11.0 Å². The summed E-state index contributed by atoms with van der Waals surface area (Å²) in [6.07, 6.45) is -0.454. The van der Waals surface area contributed by atoms with Gasteiger partial charge in [0.25, 0.3) is 0 Å². The fourth-order valence-electron chi connectivity index (χ4n) is 2.26. The Kier molecular flexibility index (Phi) is 3.76. The summed E-state index contributed by atoms with van der Waals surface area (Å²) in [7, 11) is 0. The van der Waals surface area contributed by atoms with Gasteiger partial charge in [-0.1, -0.05) is 0 Å². The van der Waals surface area contributed by atoms with Gasteiger partial charge < -0.3 is 15.7 Å². The van der Waals surface area contributed by atoms with Crippen LogP contribution in [0.4, 0.5) is 9.18 Å². The van der Waals surface area contributed by atoms with E-state index in [1.807, 2.05) is 0 Å². The topological polar surface area (TPSA) is 78.4 Å². The van der Waals surface area contributed by atoms with Crippen molar-refractivity contribution in [1.82, 2.24) is 10.6 Å². The fraction of sp³-hybridized carbons (Fsp3) is 0.800. The summed E-state index contributed by atoms with van der Waals surface area (Å²) in [4.78, 5) is 21.4. The van der Waals surface area contributed by atoms with Crippen molar-refractivity contribution in [1.29, 1.82) is 0 Å². The van der Waals surface area contributed by atoms with E-state index >= 15 is 0 Å². The van der Waals surface area contributed by atoms with Crippen molar-refractivity contribution in [3.05, 3.63) is 0 Å². The molecule has 2 amide bonds. The van der Waals surface area contributed by atoms with Crippen molar-refractivity contribution in [2.75, 3.05) is 5.75 Å². The summed E-state index contributed by atoms with van der Waals surface area (Å²) in [5, 5.41) is 14.3. The molecule has 0 aromatic carbocycles. The second-order valence-corrected chi connectivity index (χ2v) is 5.63. The average Bonchev–Trinajstić information content (AvgIpc) is 2.78. The lowest BCUT2D eigenvalue weighted by atomic mass is 10.0. The van der Waals surface area contributed by atoms with Gasteiger partial charge >= 0.3 is 12.0 Å². The number of hydrogen-bond donors (Lipinski definition) is 3. The number of nitrogens with one attached hydrogen (secondary N) is 2. The molecule has 96 valence electrons. The van der Waals surface area contributed by atoms with Gasteiger partial charge in [-0.2, -0.15) is 11.8 Å². The zero-order chi connectivity index (χ0) is 12.4. The van der Waals surface area contributed by atoms with E-state index < -0.39 is 12.1 Å². The molecule has 7 heteroatoms. The fourth-order valence-corrected chi connectivity index (χ4v) is 3.81. The summed E-state index contributed by atoms with van der Waals surface area (Å²) >= 11 is 1.75. The van der Waals surface area contributed by atoms with Gasteiger partial charge in [0.15, 0.2) is 6.17 Å². The van der Waals surface area contributed by atoms with E-state index in [2.05, 4.69) is 10.6 Å². The van der Waals surface area contributed by atoms with Gasteiger partial charge in [-0.25, -0.2) is 14.0 Å². The van der Waals surface area contributed by atoms with E-state index in [9.17, 15) is 14.0 Å². The third kappa shape index (κ3) is 2.83. The first-order valence-electron chi connectivity index (χ1n) is 5.63. The molecule has 2 rings (SSSR count). The Balaban J connectivity index is 1.73. The molecule has 0 aliphatic carbocycles. The molecule has 17 heavy (non-hydrogen) atoms. The van der Waals surface area contributed by atoms with Gasteiger partial charge in [0.2, 0.25) is 0 Å². The van der Waals surface area contributed by atoms with Gasteiger partial charge in [-0.15, -0.1) is 0 Å². The second-order valence-electron chi connectivity index (χ2n) is 4.36. The number of carboxylic acids is 1. The maximum atomic E-state index is 12.8. The van der Waals surface area contributed by atoms with Crippen LogP contribution in [0.5, 0.6) is 0 Å². The summed E-state index contributed by atoms with van der Waals surface area (Å²) in [6.45, 7) is 0. The average molecular weight is 261 g/mol. The van der Waals surface area contributed by atoms with Gasteiger partial charge in [-0.05, 0) is 19.3 Å². The molecule has 0 bridgehead atoms. The van der Waals surface area contributed by atoms with E-state index in [0.29, 0.717) is 6.42 Å². The summed E-state index contributed by atoms with van der Waals surface area (Å²) in [5.41, 5.74) is 0. The molecule has 2 fully saturated rings. The highest BCUT2D eigenvalue weighted by atomic mass is 32.2. The quantitative estimate of drug-likeness (QED) is 0.638. The number of aliphatic carboxylic acids is 1. The van der Waals surface area contributed by atoms with Crippen LogP contribution in [0.15, 0.2) is 0 Å². The van der Waals surface area contributed by atoms with Crippen molar-refractivity contribution < 1.29 is 19.1 Å². The van der Waals surface area contributed by atoms with Crippen LogP contribution in [0.25, 0.3) is 0 Å². The highest BCUT2D eigenvalue weighted by Crippen LogP contribution is 2.33. The van der Waals surface area contributed by atoms with Gasteiger partial charge in [-0.3, -0.25) is 0 Å². The maximum absolute atomic E-state index is 12.8. The van der Waals surface area contributed by atoms with Crippen LogP contribution in [-0.2, 0) is 4.79 Å². The molecule has 0 radical (unpaired) electrons. The van der Waals surface area contributed by atoms with Crippen molar-refractivity contribution in [3.63, 3.8) is 0 Å². The van der Waals surface area contributed by atoms with Crippen LogP contribution in [0.2, 0.25) is 0 Å². The van der Waals surface area contributed by atoms with Crippen molar-refractivity contribution in [2.24, 2.45) is 0 Å². The number of urea groups is 1. The van der Waals surface area contributed by atoms with Gasteiger partial charge in [0.1, 0.15) is 0 Å². The maximum Gasteiger partial charge on any atom is 0.338 e. The smallest absolute Gasteiger partial charge is 0.338 e. The number of alkyl halides is 1. The molecule has 3 N–H and O–H groups in total. The minimum absolute atomic E-state index is 0.0468. The predicted octanol–water partition coefficient (Wildman–Crippen LogP) is 0.745. The second kappa shape index (κ2) is 5.12. The third-order valence-electron chi connectivity index (χ3n) is 3.15. The summed E-state index contributed by atoms with van der Waals surface area (Å²) < 4.78 is 12.8. The van der Waals surface area contributed by atoms with E-state index in [4.69, 9.17) is 5.11 Å². The normalized spacial score (nSPS) is 32.8. The molecule has 2 saturated heterocycles. The largest absolute Gasteiger partial charge is 0.479 e. The van der Waals surface area contributed by atoms with Gasteiger partial charge in [0.05, 0.1) is 12.1 Å². The Hall–Kier alpha value is -0.980. The molecule has 2 heterocycles. The number of hydrogen-bond acceptors (Lipinski definition) is 3. The molecule has 4 atom stereocenters. The first kappa shape index (κ1) is 12.5. The first-order valence-corrected chi connectivity index (χ1v) is 6.68. The SMILES string of the molecule is O=C1N[C@H]2[C@H](CS[C@H]2CCCC([18F])C(=O)O)N1. The third-order valence-corrected chi connectivity index (χ3v) is 4.66. The highest BCUT2D eigenvalue weighted by molar-refractivity contribution is 8.00. The van der Waals surface area contributed by atoms with Crippen LogP contribution in [0, 0.1) is 0 Å². The first-order chi connectivity index (χ1) is 8.08. The molecule has 0 spiro atoms. The van der Waals surface area contributed by atoms with Crippen molar-refractivity contribution in [2.45, 2.75) is 42.8 Å². The molecule has 0 aromatic heterocycles. The van der Waals surface area contributed by atoms with Crippen LogP contribution in [0.1, 0.15) is 19.3 Å². The lowest BCUT2D eigenvalue weighted by Gasteiger charge is -2.16. The lowest BCUT2D eigenvalue weighted by molar-refractivity contribution is -0.143. The van der Waals surface area contributed by atoms with Crippen molar-refractivity contribution in [3.8, 4) is 0 Å². The van der Waals surface area contributed by atoms with Crippen LogP contribution in [0.3, 0.4) is 0 Å². The number of fused-ring (bicyclic) bond motifs is 1. The molecule has 2 aliphatic rings. The number of thioether (sulfide) groups is 1. The number of amides is 2. The lowest BCUT2D eigenvalue weighted by Crippen LogP contribution is -2.36. The molecule has 5 nitrogen and oxygen atoms in total. The van der Waals surface area contributed by atoms with E-state index in [0.717, 1.165) is 12.2 Å². The number of carboxylic acid groups (broad SMARTS) is 1. The van der Waals surface area contributed by atoms with Crippen LogP contribution >= 0.6 is 11.8 Å². The number of carbonyl (C=O) groups is 2. The predicted molar refractivity (Wildman–Crippen MR) is 61.9 cm³/mol. The number of halogens is 1. The standard InChI is InChI=1S/C10H15FN2O3S/c11-5(9(14)15)2-1-3-7-8-6(4-17-7)12-10(16)13-8/h5-8H,1-4H2,(H,14,15)(H2,12,13,16)/t5?,6-,7-,8-/m0/s1/i11-1. The minimum atomic E-state index is -1.77. The molecule has 0 saturated carbocycles. The Morgan fingerprint density at radius 3 is 3.06 bits per heavy atom. The van der Waals surface area contributed by atoms with Crippen LogP contribution < -0.4 is 10.6 Å². The van der Waals surface area contributed by atoms with E-state index in [-0.39, 0.29) is 29.8 Å². The van der Waals surface area contributed by atoms with E-state index in [1.54, 1.807) is 11.8 Å². The van der Waals surface area contributed by atoms with E-state index in [1.165, 1.54) is 0 Å². The Labute approximate surface area is 103 Å². The molecular formula is C10H15FN2O3S.